The standard InChI is InChI=1S/C21H23N5O3/c1-24-11-13-25(14-12-24)21(28)19-23-18(16-8-5-6-10-26(16)19)20(27)22-15-7-3-4-9-17(15)29-2/h3-10H,11-14H2,1-2H3,(H,22,27). The Bertz CT molecular complexity index is 1050. The zero-order valence-corrected chi connectivity index (χ0v) is 16.5. The van der Waals surface area contributed by atoms with Crippen molar-refractivity contribution in [1.82, 2.24) is 19.2 Å². The van der Waals surface area contributed by atoms with Crippen molar-refractivity contribution in [3.8, 4) is 5.75 Å². The van der Waals surface area contributed by atoms with Crippen LogP contribution in [0.15, 0.2) is 48.7 Å². The molecule has 0 spiro atoms. The molecule has 4 rings (SSSR count). The number of hydrogen-bond donors (Lipinski definition) is 1. The smallest absolute Gasteiger partial charge is 0.290 e. The number of likely N-dealkylation sites (N-methyl/N-ethyl adjacent to an activating group) is 1. The maximum atomic E-state index is 13.1. The molecule has 1 fully saturated rings. The average Bonchev–Trinajstić information content (AvgIpc) is 3.14. The van der Waals surface area contributed by atoms with Gasteiger partial charge in [0.15, 0.2) is 5.69 Å². The highest BCUT2D eigenvalue weighted by Gasteiger charge is 2.27. The lowest BCUT2D eigenvalue weighted by molar-refractivity contribution is 0.0651. The third-order valence-electron chi connectivity index (χ3n) is 5.10. The number of ether oxygens (including phenoxy) is 1. The van der Waals surface area contributed by atoms with E-state index >= 15 is 0 Å². The number of nitrogens with one attached hydrogen (secondary N) is 1. The number of para-hydroxylation sites is 2. The van der Waals surface area contributed by atoms with Crippen molar-refractivity contribution in [2.45, 2.75) is 0 Å². The van der Waals surface area contributed by atoms with E-state index in [0.717, 1.165) is 13.1 Å². The minimum atomic E-state index is -0.393. The van der Waals surface area contributed by atoms with Gasteiger partial charge >= 0.3 is 0 Å². The van der Waals surface area contributed by atoms with Crippen LogP contribution in [0.4, 0.5) is 5.69 Å². The summed E-state index contributed by atoms with van der Waals surface area (Å²) in [5.74, 6) is 0.236. The van der Waals surface area contributed by atoms with Crippen LogP contribution in [0.3, 0.4) is 0 Å². The minimum Gasteiger partial charge on any atom is -0.495 e. The molecule has 8 heteroatoms. The third kappa shape index (κ3) is 3.66. The number of rotatable bonds is 4. The third-order valence-corrected chi connectivity index (χ3v) is 5.10. The Morgan fingerprint density at radius 1 is 1.03 bits per heavy atom. The van der Waals surface area contributed by atoms with Crippen molar-refractivity contribution >= 4 is 23.0 Å². The van der Waals surface area contributed by atoms with Crippen LogP contribution in [-0.2, 0) is 0 Å². The van der Waals surface area contributed by atoms with Crippen LogP contribution in [0.2, 0.25) is 0 Å². The SMILES string of the molecule is COc1ccccc1NC(=O)c1nc(C(=O)N2CCN(C)CC2)n2ccccc12. The number of aromatic nitrogens is 2. The van der Waals surface area contributed by atoms with Gasteiger partial charge in [0, 0.05) is 32.4 Å². The van der Waals surface area contributed by atoms with E-state index in [9.17, 15) is 9.59 Å². The minimum absolute atomic E-state index is 0.171. The van der Waals surface area contributed by atoms with Crippen LogP contribution in [0.5, 0.6) is 5.75 Å². The molecule has 8 nitrogen and oxygen atoms in total. The number of amides is 2. The Labute approximate surface area is 168 Å². The largest absolute Gasteiger partial charge is 0.495 e. The Hall–Kier alpha value is -3.39. The maximum absolute atomic E-state index is 13.1. The molecule has 1 aliphatic rings. The maximum Gasteiger partial charge on any atom is 0.290 e. The predicted octanol–water partition coefficient (Wildman–Crippen LogP) is 1.98. The Balaban J connectivity index is 1.67. The van der Waals surface area contributed by atoms with Gasteiger partial charge in [-0.3, -0.25) is 14.0 Å². The molecule has 1 aromatic carbocycles. The second-order valence-electron chi connectivity index (χ2n) is 6.99. The second-order valence-corrected chi connectivity index (χ2v) is 6.99. The molecule has 1 saturated heterocycles. The van der Waals surface area contributed by atoms with Crippen molar-refractivity contribution in [3.63, 3.8) is 0 Å². The van der Waals surface area contributed by atoms with Gasteiger partial charge in [-0.1, -0.05) is 18.2 Å². The molecule has 3 aromatic rings. The topological polar surface area (TPSA) is 79.2 Å². The number of anilines is 1. The molecular weight excluding hydrogens is 370 g/mol. The van der Waals surface area contributed by atoms with Crippen LogP contribution in [0.25, 0.3) is 5.52 Å². The lowest BCUT2D eigenvalue weighted by Gasteiger charge is -2.31. The van der Waals surface area contributed by atoms with Crippen LogP contribution in [0.1, 0.15) is 21.1 Å². The number of piperazine rings is 1. The van der Waals surface area contributed by atoms with E-state index in [-0.39, 0.29) is 17.4 Å². The number of carbonyl (C=O) groups excluding carboxylic acids is 2. The van der Waals surface area contributed by atoms with Gasteiger partial charge in [0.25, 0.3) is 11.8 Å². The molecule has 3 heterocycles. The van der Waals surface area contributed by atoms with Crippen molar-refractivity contribution in [3.05, 3.63) is 60.2 Å². The first-order valence-corrected chi connectivity index (χ1v) is 9.48. The zero-order valence-electron chi connectivity index (χ0n) is 16.5. The fourth-order valence-electron chi connectivity index (χ4n) is 3.44. The summed E-state index contributed by atoms with van der Waals surface area (Å²) >= 11 is 0. The molecule has 0 radical (unpaired) electrons. The number of methoxy groups -OCH3 is 1. The monoisotopic (exact) mass is 393 g/mol. The van der Waals surface area contributed by atoms with E-state index in [1.54, 1.807) is 40.8 Å². The summed E-state index contributed by atoms with van der Waals surface area (Å²) in [6, 6.07) is 12.6. The van der Waals surface area contributed by atoms with Gasteiger partial charge in [-0.2, -0.15) is 0 Å². The highest BCUT2D eigenvalue weighted by Crippen LogP contribution is 2.24. The number of hydrogen-bond acceptors (Lipinski definition) is 5. The van der Waals surface area contributed by atoms with Crippen molar-refractivity contribution in [2.75, 3.05) is 45.7 Å². The molecule has 2 aromatic heterocycles. The van der Waals surface area contributed by atoms with Gasteiger partial charge in [0.05, 0.1) is 18.3 Å². The molecule has 0 bridgehead atoms. The first kappa shape index (κ1) is 18.9. The Morgan fingerprint density at radius 3 is 2.52 bits per heavy atom. The van der Waals surface area contributed by atoms with Gasteiger partial charge in [0.1, 0.15) is 5.75 Å². The first-order chi connectivity index (χ1) is 14.1. The number of imidazole rings is 1. The summed E-state index contributed by atoms with van der Waals surface area (Å²) < 4.78 is 6.97. The lowest BCUT2D eigenvalue weighted by Crippen LogP contribution is -2.47. The van der Waals surface area contributed by atoms with Crippen molar-refractivity contribution in [1.29, 1.82) is 0 Å². The summed E-state index contributed by atoms with van der Waals surface area (Å²) in [4.78, 5) is 34.5. The molecular formula is C21H23N5O3. The van der Waals surface area contributed by atoms with Crippen molar-refractivity contribution < 1.29 is 14.3 Å². The van der Waals surface area contributed by atoms with Gasteiger partial charge in [-0.25, -0.2) is 4.98 Å². The van der Waals surface area contributed by atoms with E-state index in [0.29, 0.717) is 30.0 Å². The molecule has 0 atom stereocenters. The molecule has 2 amide bonds. The summed E-state index contributed by atoms with van der Waals surface area (Å²) in [5, 5.41) is 2.84. The van der Waals surface area contributed by atoms with Crippen LogP contribution in [-0.4, -0.2) is 71.3 Å². The Morgan fingerprint density at radius 2 is 1.76 bits per heavy atom. The Kier molecular flexibility index (Phi) is 5.18. The fourth-order valence-corrected chi connectivity index (χ4v) is 3.44. The first-order valence-electron chi connectivity index (χ1n) is 9.48. The summed E-state index contributed by atoms with van der Waals surface area (Å²) in [5.41, 5.74) is 1.33. The van der Waals surface area contributed by atoms with Crippen LogP contribution in [0, 0.1) is 0 Å². The number of benzene rings is 1. The van der Waals surface area contributed by atoms with E-state index in [4.69, 9.17) is 4.74 Å². The van der Waals surface area contributed by atoms with E-state index in [2.05, 4.69) is 15.2 Å². The predicted molar refractivity (Wildman–Crippen MR) is 110 cm³/mol. The summed E-state index contributed by atoms with van der Waals surface area (Å²) in [6.07, 6.45) is 1.76. The zero-order chi connectivity index (χ0) is 20.4. The van der Waals surface area contributed by atoms with E-state index in [1.165, 1.54) is 0 Å². The van der Waals surface area contributed by atoms with Gasteiger partial charge < -0.3 is 19.9 Å². The van der Waals surface area contributed by atoms with Gasteiger partial charge in [-0.15, -0.1) is 0 Å². The molecule has 1 aliphatic heterocycles. The molecule has 1 N–H and O–H groups in total. The van der Waals surface area contributed by atoms with Crippen LogP contribution < -0.4 is 10.1 Å². The summed E-state index contributed by atoms with van der Waals surface area (Å²) in [6.45, 7) is 2.91. The normalized spacial score (nSPS) is 14.8. The van der Waals surface area contributed by atoms with E-state index in [1.807, 2.05) is 31.3 Å². The lowest BCUT2D eigenvalue weighted by atomic mass is 10.2. The number of fused-ring (bicyclic) bond motifs is 1. The quantitative estimate of drug-likeness (QED) is 0.733. The van der Waals surface area contributed by atoms with Crippen molar-refractivity contribution in [2.24, 2.45) is 0 Å². The number of nitrogens with zero attached hydrogens (tertiary/aromatic N) is 4. The molecule has 0 saturated carbocycles. The second kappa shape index (κ2) is 7.92. The molecule has 150 valence electrons. The van der Waals surface area contributed by atoms with Gasteiger partial charge in [-0.05, 0) is 31.3 Å². The number of pyridine rings is 1. The average molecular weight is 393 g/mol. The summed E-state index contributed by atoms with van der Waals surface area (Å²) in [7, 11) is 3.58. The molecule has 29 heavy (non-hydrogen) atoms. The molecule has 0 aliphatic carbocycles. The highest BCUT2D eigenvalue weighted by molar-refractivity contribution is 6.09. The fraction of sp³-hybridized carbons (Fsp3) is 0.286. The van der Waals surface area contributed by atoms with E-state index < -0.39 is 5.91 Å². The highest BCUT2D eigenvalue weighted by atomic mass is 16.5. The van der Waals surface area contributed by atoms with Crippen LogP contribution >= 0.6 is 0 Å². The molecule has 0 unspecified atom stereocenters. The number of carbonyl (C=O) groups is 2. The van der Waals surface area contributed by atoms with Gasteiger partial charge in [0.2, 0.25) is 5.82 Å².